The third-order valence-corrected chi connectivity index (χ3v) is 4.91. The molecule has 8 nitrogen and oxygen atoms in total. The molecular weight excluding hydrogens is 441 g/mol. The maximum atomic E-state index is 11.1. The van der Waals surface area contributed by atoms with Crippen molar-refractivity contribution in [2.24, 2.45) is 0 Å². The second kappa shape index (κ2) is 16.9. The van der Waals surface area contributed by atoms with E-state index in [4.69, 9.17) is 20.3 Å². The number of methoxy groups -OCH3 is 1. The second-order valence-corrected chi connectivity index (χ2v) is 7.89. The molecule has 2 aromatic rings. The van der Waals surface area contributed by atoms with Crippen molar-refractivity contribution in [2.45, 2.75) is 32.6 Å². The number of nitrogen functional groups attached to an aromatic ring is 1. The molecule has 2 heterocycles. The molecule has 0 spiro atoms. The van der Waals surface area contributed by atoms with Crippen LogP contribution in [-0.4, -0.2) is 66.4 Å². The lowest BCUT2D eigenvalue weighted by Gasteiger charge is -2.25. The predicted octanol–water partition coefficient (Wildman–Crippen LogP) is 3.51. The molecule has 1 atom stereocenters. The number of nitrogens with two attached hydrogens (primary N) is 1. The molecule has 0 aliphatic carbocycles. The number of aliphatic carboxylic acids is 1. The summed E-state index contributed by atoms with van der Waals surface area (Å²) in [7, 11) is 4.30. The van der Waals surface area contributed by atoms with Crippen LogP contribution in [0.4, 0.5) is 5.69 Å². The number of aromatic nitrogens is 1. The normalized spacial score (nSPS) is 12.9. The minimum atomic E-state index is -0.859. The van der Waals surface area contributed by atoms with Crippen LogP contribution >= 0.6 is 9.24 Å². The van der Waals surface area contributed by atoms with Crippen molar-refractivity contribution in [2.75, 3.05) is 45.2 Å². The van der Waals surface area contributed by atoms with Crippen LogP contribution in [0.5, 0.6) is 5.88 Å². The van der Waals surface area contributed by atoms with Crippen molar-refractivity contribution in [3.05, 3.63) is 53.7 Å². The molecule has 1 fully saturated rings. The quantitative estimate of drug-likeness (QED) is 0.354. The number of likely N-dealkylation sites (tertiary alicyclic amines) is 1. The van der Waals surface area contributed by atoms with E-state index in [1.54, 1.807) is 43.3 Å². The summed E-state index contributed by atoms with van der Waals surface area (Å²) in [6.45, 7) is 6.12. The van der Waals surface area contributed by atoms with Gasteiger partial charge in [0.05, 0.1) is 25.7 Å². The highest BCUT2D eigenvalue weighted by atomic mass is 31.0. The van der Waals surface area contributed by atoms with E-state index in [2.05, 4.69) is 19.1 Å². The third kappa shape index (κ3) is 12.8. The highest BCUT2D eigenvalue weighted by Gasteiger charge is 2.07. The highest BCUT2D eigenvalue weighted by molar-refractivity contribution is 7.16. The van der Waals surface area contributed by atoms with Gasteiger partial charge in [0, 0.05) is 24.5 Å². The number of rotatable bonds is 7. The molecule has 3 N–H and O–H groups in total. The van der Waals surface area contributed by atoms with E-state index >= 15 is 0 Å². The Bertz CT molecular complexity index is 824. The lowest BCUT2D eigenvalue weighted by molar-refractivity contribution is -0.136. The summed E-state index contributed by atoms with van der Waals surface area (Å²) in [5, 5.41) is 8.43. The SMILES string of the molecule is CCOC(=O)c1cccc(N)c1.COc1ccc(CC(=O)O)cn1.PCCN1CCCCC1. The molecule has 3 rings (SSSR count). The monoisotopic (exact) mass is 477 g/mol. The van der Waals surface area contributed by atoms with Gasteiger partial charge in [0.25, 0.3) is 0 Å². The molecule has 1 aromatic heterocycles. The van der Waals surface area contributed by atoms with Gasteiger partial charge in [-0.1, -0.05) is 18.6 Å². The van der Waals surface area contributed by atoms with Crippen LogP contribution in [0.15, 0.2) is 42.6 Å². The van der Waals surface area contributed by atoms with Crippen LogP contribution in [0.1, 0.15) is 42.1 Å². The van der Waals surface area contributed by atoms with Gasteiger partial charge < -0.3 is 25.2 Å². The number of anilines is 1. The van der Waals surface area contributed by atoms with Gasteiger partial charge in [0.1, 0.15) is 0 Å². The summed E-state index contributed by atoms with van der Waals surface area (Å²) in [5.74, 6) is -0.698. The molecule has 1 aliphatic rings. The first-order valence-corrected chi connectivity index (χ1v) is 11.9. The van der Waals surface area contributed by atoms with Crippen LogP contribution in [0.3, 0.4) is 0 Å². The Kier molecular flexibility index (Phi) is 14.5. The molecule has 9 heteroatoms. The van der Waals surface area contributed by atoms with E-state index in [9.17, 15) is 9.59 Å². The Morgan fingerprint density at radius 2 is 1.91 bits per heavy atom. The Morgan fingerprint density at radius 3 is 2.42 bits per heavy atom. The summed E-state index contributed by atoms with van der Waals surface area (Å²) in [4.78, 5) is 27.8. The number of benzene rings is 1. The maximum Gasteiger partial charge on any atom is 0.338 e. The Balaban J connectivity index is 0.000000250. The van der Waals surface area contributed by atoms with Crippen molar-refractivity contribution in [3.63, 3.8) is 0 Å². The zero-order chi connectivity index (χ0) is 24.5. The molecular formula is C24H36N3O5P. The fourth-order valence-electron chi connectivity index (χ4n) is 3.06. The van der Waals surface area contributed by atoms with Gasteiger partial charge in [-0.25, -0.2) is 9.78 Å². The van der Waals surface area contributed by atoms with Crippen LogP contribution < -0.4 is 10.5 Å². The lowest BCUT2D eigenvalue weighted by atomic mass is 10.1. The number of carbonyl (C=O) groups excluding carboxylic acids is 1. The van der Waals surface area contributed by atoms with Gasteiger partial charge in [-0.15, -0.1) is 9.24 Å². The molecule has 1 unspecified atom stereocenters. The topological polar surface area (TPSA) is 115 Å². The molecule has 0 radical (unpaired) electrons. The first kappa shape index (κ1) is 28.3. The molecule has 0 bridgehead atoms. The van der Waals surface area contributed by atoms with E-state index in [-0.39, 0.29) is 12.4 Å². The number of esters is 1. The summed E-state index contributed by atoms with van der Waals surface area (Å²) in [5.41, 5.74) is 7.22. The molecule has 0 amide bonds. The number of pyridine rings is 1. The smallest absolute Gasteiger partial charge is 0.338 e. The number of carbonyl (C=O) groups is 2. The average molecular weight is 478 g/mol. The fraction of sp³-hybridized carbons (Fsp3) is 0.458. The van der Waals surface area contributed by atoms with Gasteiger partial charge in [-0.05, 0) is 62.8 Å². The zero-order valence-electron chi connectivity index (χ0n) is 19.5. The second-order valence-electron chi connectivity index (χ2n) is 7.32. The minimum Gasteiger partial charge on any atom is -0.481 e. The van der Waals surface area contributed by atoms with E-state index in [1.165, 1.54) is 58.4 Å². The van der Waals surface area contributed by atoms with E-state index in [0.717, 1.165) is 0 Å². The van der Waals surface area contributed by atoms with E-state index < -0.39 is 5.97 Å². The lowest BCUT2D eigenvalue weighted by Crippen LogP contribution is -2.31. The Hall–Kier alpha value is -2.70. The minimum absolute atomic E-state index is 0.00298. The van der Waals surface area contributed by atoms with Crippen molar-refractivity contribution in [3.8, 4) is 5.88 Å². The van der Waals surface area contributed by atoms with Crippen LogP contribution in [0.2, 0.25) is 0 Å². The van der Waals surface area contributed by atoms with E-state index in [1.807, 2.05) is 0 Å². The average Bonchev–Trinajstić information content (AvgIpc) is 2.81. The van der Waals surface area contributed by atoms with Crippen molar-refractivity contribution in [1.82, 2.24) is 9.88 Å². The standard InChI is InChI=1S/C9H11NO2.C8H9NO3.C7H16NP/c1-2-12-9(11)7-4-3-5-8(10)6-7;1-12-7-3-2-6(5-9-7)4-8(10)11;9-7-6-8-4-2-1-3-5-8/h3-6H,2,10H2,1H3;2-3,5H,4H2,1H3,(H,10,11);1-7,9H2. The van der Waals surface area contributed by atoms with Gasteiger partial charge in [0.2, 0.25) is 5.88 Å². The fourth-order valence-corrected chi connectivity index (χ4v) is 3.42. The number of ether oxygens (including phenoxy) is 2. The van der Waals surface area contributed by atoms with Gasteiger partial charge >= 0.3 is 11.9 Å². The van der Waals surface area contributed by atoms with Crippen molar-refractivity contribution in [1.29, 1.82) is 0 Å². The molecule has 33 heavy (non-hydrogen) atoms. The van der Waals surface area contributed by atoms with Crippen molar-refractivity contribution < 1.29 is 24.2 Å². The molecule has 0 saturated carbocycles. The summed E-state index contributed by atoms with van der Waals surface area (Å²) < 4.78 is 9.60. The number of carboxylic acids is 1. The largest absolute Gasteiger partial charge is 0.481 e. The number of carboxylic acid groups (broad SMARTS) is 1. The first-order valence-electron chi connectivity index (χ1n) is 11.0. The van der Waals surface area contributed by atoms with Gasteiger partial charge in [-0.3, -0.25) is 4.79 Å². The molecule has 182 valence electrons. The van der Waals surface area contributed by atoms with Crippen LogP contribution in [0.25, 0.3) is 0 Å². The zero-order valence-corrected chi connectivity index (χ0v) is 20.7. The Morgan fingerprint density at radius 1 is 1.18 bits per heavy atom. The number of piperidine rings is 1. The van der Waals surface area contributed by atoms with Crippen molar-refractivity contribution >= 4 is 26.9 Å². The van der Waals surface area contributed by atoms with Crippen LogP contribution in [-0.2, 0) is 16.0 Å². The summed E-state index contributed by atoms with van der Waals surface area (Å²) in [6, 6.07) is 10.0. The van der Waals surface area contributed by atoms with Crippen LogP contribution in [0, 0.1) is 0 Å². The summed E-state index contributed by atoms with van der Waals surface area (Å²) in [6.07, 6.45) is 7.02. The molecule has 1 aromatic carbocycles. The van der Waals surface area contributed by atoms with Gasteiger partial charge in [-0.2, -0.15) is 0 Å². The number of hydrogen-bond acceptors (Lipinski definition) is 7. The summed E-state index contributed by atoms with van der Waals surface area (Å²) >= 11 is 0. The Labute approximate surface area is 198 Å². The third-order valence-electron chi connectivity index (χ3n) is 4.65. The maximum absolute atomic E-state index is 11.1. The predicted molar refractivity (Wildman–Crippen MR) is 134 cm³/mol. The highest BCUT2D eigenvalue weighted by Crippen LogP contribution is 2.09. The van der Waals surface area contributed by atoms with E-state index in [0.29, 0.717) is 29.3 Å². The first-order chi connectivity index (χ1) is 15.9. The number of nitrogens with zero attached hydrogens (tertiary/aromatic N) is 2. The molecule has 1 saturated heterocycles. The molecule has 1 aliphatic heterocycles. The number of hydrogen-bond donors (Lipinski definition) is 2. The van der Waals surface area contributed by atoms with Gasteiger partial charge in [0.15, 0.2) is 0 Å².